The van der Waals surface area contributed by atoms with Gasteiger partial charge in [0.25, 0.3) is 0 Å². The third kappa shape index (κ3) is 3.38. The van der Waals surface area contributed by atoms with Crippen LogP contribution >= 0.6 is 0 Å². The molecule has 1 aliphatic heterocycles. The van der Waals surface area contributed by atoms with Gasteiger partial charge < -0.3 is 5.11 Å². The number of hydrogen-bond donors (Lipinski definition) is 1. The van der Waals surface area contributed by atoms with Crippen molar-refractivity contribution in [1.29, 1.82) is 0 Å². The number of aromatic hydroxyl groups is 1. The lowest BCUT2D eigenvalue weighted by molar-refractivity contribution is 0.461. The molecule has 0 spiro atoms. The molecule has 0 bridgehead atoms. The molecule has 1 unspecified atom stereocenters. The van der Waals surface area contributed by atoms with E-state index in [2.05, 4.69) is 24.3 Å². The van der Waals surface area contributed by atoms with E-state index in [1.54, 1.807) is 6.07 Å². The zero-order valence-corrected chi connectivity index (χ0v) is 14.4. The summed E-state index contributed by atoms with van der Waals surface area (Å²) in [5.74, 6) is 0.307. The number of hydrazone groups is 1. The maximum Gasteiger partial charge on any atom is 0.120 e. The molecule has 0 radical (unpaired) electrons. The van der Waals surface area contributed by atoms with Gasteiger partial charge in [0.1, 0.15) is 5.75 Å². The monoisotopic (exact) mass is 340 g/mol. The molecule has 4 rings (SSSR count). The van der Waals surface area contributed by atoms with Crippen molar-refractivity contribution in [2.75, 3.05) is 5.01 Å². The van der Waals surface area contributed by atoms with Gasteiger partial charge in [0.05, 0.1) is 17.4 Å². The van der Waals surface area contributed by atoms with Crippen LogP contribution < -0.4 is 5.01 Å². The quantitative estimate of drug-likeness (QED) is 0.689. The second-order valence-electron chi connectivity index (χ2n) is 6.29. The number of nitrogens with zero attached hydrogens (tertiary/aromatic N) is 2. The van der Waals surface area contributed by atoms with Crippen molar-refractivity contribution in [2.24, 2.45) is 5.10 Å². The van der Waals surface area contributed by atoms with Gasteiger partial charge in [-0.25, -0.2) is 0 Å². The number of anilines is 1. The highest BCUT2D eigenvalue weighted by Gasteiger charge is 2.29. The number of benzene rings is 3. The van der Waals surface area contributed by atoms with E-state index in [1.807, 2.05) is 71.7 Å². The molecule has 3 heteroatoms. The largest absolute Gasteiger partial charge is 0.508 e. The molecule has 1 heterocycles. The summed E-state index contributed by atoms with van der Waals surface area (Å²) >= 11 is 0. The van der Waals surface area contributed by atoms with Crippen molar-refractivity contribution in [3.05, 3.63) is 102 Å². The van der Waals surface area contributed by atoms with Gasteiger partial charge >= 0.3 is 0 Å². The van der Waals surface area contributed by atoms with Crippen LogP contribution in [0.1, 0.15) is 23.6 Å². The first-order chi connectivity index (χ1) is 12.8. The standard InChI is InChI=1S/C23H20N2O/c26-23-14-8-7-13-21(23)22-17-19(16-15-18-9-3-1-4-10-18)24-25(22)20-11-5-2-6-12-20/h1-16,22,26H,17H2/b16-15+. The summed E-state index contributed by atoms with van der Waals surface area (Å²) < 4.78 is 0. The summed E-state index contributed by atoms with van der Waals surface area (Å²) in [5, 5.41) is 17.2. The summed E-state index contributed by atoms with van der Waals surface area (Å²) in [4.78, 5) is 0. The van der Waals surface area contributed by atoms with Crippen molar-refractivity contribution >= 4 is 17.5 Å². The molecule has 1 N–H and O–H groups in total. The van der Waals surface area contributed by atoms with E-state index in [-0.39, 0.29) is 6.04 Å². The Morgan fingerprint density at radius 3 is 2.19 bits per heavy atom. The Kier molecular flexibility index (Phi) is 4.52. The molecule has 0 saturated heterocycles. The van der Waals surface area contributed by atoms with Gasteiger partial charge in [-0.3, -0.25) is 5.01 Å². The van der Waals surface area contributed by atoms with Crippen molar-refractivity contribution in [3.8, 4) is 5.75 Å². The van der Waals surface area contributed by atoms with Gasteiger partial charge in [-0.1, -0.05) is 72.8 Å². The first-order valence-electron chi connectivity index (χ1n) is 8.74. The van der Waals surface area contributed by atoms with E-state index in [1.165, 1.54) is 0 Å². The fraction of sp³-hybridized carbons (Fsp3) is 0.0870. The smallest absolute Gasteiger partial charge is 0.120 e. The lowest BCUT2D eigenvalue weighted by Gasteiger charge is -2.24. The number of phenolic OH excluding ortho intramolecular Hbond substituents is 1. The van der Waals surface area contributed by atoms with E-state index >= 15 is 0 Å². The van der Waals surface area contributed by atoms with Gasteiger partial charge in [-0.05, 0) is 29.8 Å². The zero-order chi connectivity index (χ0) is 17.8. The summed E-state index contributed by atoms with van der Waals surface area (Å²) in [7, 11) is 0. The number of allylic oxidation sites excluding steroid dienone is 1. The Hall–Kier alpha value is -3.33. The molecular formula is C23H20N2O. The third-order valence-electron chi connectivity index (χ3n) is 4.52. The van der Waals surface area contributed by atoms with Crippen molar-refractivity contribution in [2.45, 2.75) is 12.5 Å². The third-order valence-corrected chi connectivity index (χ3v) is 4.52. The zero-order valence-electron chi connectivity index (χ0n) is 14.4. The summed E-state index contributed by atoms with van der Waals surface area (Å²) in [6.45, 7) is 0. The maximum atomic E-state index is 10.3. The molecular weight excluding hydrogens is 320 g/mol. The summed E-state index contributed by atoms with van der Waals surface area (Å²) in [6.07, 6.45) is 4.89. The highest BCUT2D eigenvalue weighted by atomic mass is 16.3. The lowest BCUT2D eigenvalue weighted by atomic mass is 10.00. The van der Waals surface area contributed by atoms with Gasteiger partial charge in [-0.15, -0.1) is 0 Å². The summed E-state index contributed by atoms with van der Waals surface area (Å²) in [6, 6.07) is 27.8. The average Bonchev–Trinajstić information content (AvgIpc) is 3.12. The van der Waals surface area contributed by atoms with E-state index in [9.17, 15) is 5.11 Å². The number of hydrogen-bond acceptors (Lipinski definition) is 3. The Morgan fingerprint density at radius 1 is 0.808 bits per heavy atom. The van der Waals surface area contributed by atoms with E-state index in [4.69, 9.17) is 5.10 Å². The predicted octanol–water partition coefficient (Wildman–Crippen LogP) is 5.41. The van der Waals surface area contributed by atoms with Crippen LogP contribution in [-0.2, 0) is 0 Å². The number of para-hydroxylation sites is 2. The second-order valence-corrected chi connectivity index (χ2v) is 6.29. The molecule has 3 aromatic rings. The predicted molar refractivity (Wildman–Crippen MR) is 107 cm³/mol. The Morgan fingerprint density at radius 2 is 1.46 bits per heavy atom. The molecule has 3 nitrogen and oxygen atoms in total. The fourth-order valence-electron chi connectivity index (χ4n) is 3.22. The van der Waals surface area contributed by atoms with Crippen LogP contribution in [0.4, 0.5) is 5.69 Å². The Balaban J connectivity index is 1.67. The number of rotatable bonds is 4. The van der Waals surface area contributed by atoms with E-state index < -0.39 is 0 Å². The molecule has 1 aliphatic rings. The average molecular weight is 340 g/mol. The molecule has 128 valence electrons. The van der Waals surface area contributed by atoms with E-state index in [0.717, 1.165) is 28.9 Å². The molecule has 0 aliphatic carbocycles. The Bertz CT molecular complexity index is 933. The van der Waals surface area contributed by atoms with Gasteiger partial charge in [0.15, 0.2) is 0 Å². The van der Waals surface area contributed by atoms with Crippen LogP contribution in [0.2, 0.25) is 0 Å². The molecule has 1 atom stereocenters. The van der Waals surface area contributed by atoms with Crippen LogP contribution in [0.25, 0.3) is 6.08 Å². The maximum absolute atomic E-state index is 10.3. The van der Waals surface area contributed by atoms with Crippen LogP contribution in [0.15, 0.2) is 96.1 Å². The van der Waals surface area contributed by atoms with Crippen LogP contribution in [0.5, 0.6) is 5.75 Å². The SMILES string of the molecule is Oc1ccccc1C1CC(/C=C/c2ccccc2)=NN1c1ccccc1. The first-order valence-corrected chi connectivity index (χ1v) is 8.74. The van der Waals surface area contributed by atoms with Crippen molar-refractivity contribution in [1.82, 2.24) is 0 Å². The van der Waals surface area contributed by atoms with Crippen LogP contribution in [-0.4, -0.2) is 10.8 Å². The van der Waals surface area contributed by atoms with E-state index in [0.29, 0.717) is 5.75 Å². The Labute approximate surface area is 153 Å². The normalized spacial score (nSPS) is 16.8. The van der Waals surface area contributed by atoms with Gasteiger partial charge in [0.2, 0.25) is 0 Å². The van der Waals surface area contributed by atoms with Gasteiger partial charge in [0, 0.05) is 12.0 Å². The van der Waals surface area contributed by atoms with Crippen molar-refractivity contribution < 1.29 is 5.11 Å². The molecule has 3 aromatic carbocycles. The van der Waals surface area contributed by atoms with Crippen LogP contribution in [0.3, 0.4) is 0 Å². The van der Waals surface area contributed by atoms with Crippen LogP contribution in [0, 0.1) is 0 Å². The minimum Gasteiger partial charge on any atom is -0.508 e. The molecule has 0 fully saturated rings. The fourth-order valence-corrected chi connectivity index (χ4v) is 3.22. The topological polar surface area (TPSA) is 35.8 Å². The number of phenols is 1. The van der Waals surface area contributed by atoms with Gasteiger partial charge in [-0.2, -0.15) is 5.10 Å². The van der Waals surface area contributed by atoms with Crippen molar-refractivity contribution in [3.63, 3.8) is 0 Å². The molecule has 0 aromatic heterocycles. The lowest BCUT2D eigenvalue weighted by Crippen LogP contribution is -2.18. The molecule has 26 heavy (non-hydrogen) atoms. The minimum absolute atomic E-state index is 0.0194. The highest BCUT2D eigenvalue weighted by molar-refractivity contribution is 6.01. The molecule has 0 saturated carbocycles. The first kappa shape index (κ1) is 16.2. The minimum atomic E-state index is -0.0194. The molecule has 0 amide bonds. The highest BCUT2D eigenvalue weighted by Crippen LogP contribution is 2.38. The second kappa shape index (κ2) is 7.28. The summed E-state index contributed by atoms with van der Waals surface area (Å²) in [5.41, 5.74) is 4.05.